The number of nitrogens with two attached hydrogens (primary N) is 1. The first-order valence-corrected chi connectivity index (χ1v) is 4.99. The van der Waals surface area contributed by atoms with Crippen molar-refractivity contribution in [3.63, 3.8) is 0 Å². The quantitative estimate of drug-likeness (QED) is 0.545. The second-order valence-electron chi connectivity index (χ2n) is 2.19. The summed E-state index contributed by atoms with van der Waals surface area (Å²) in [5.74, 6) is 2.03. The third kappa shape index (κ3) is 9.78. The van der Waals surface area contributed by atoms with Gasteiger partial charge in [0.1, 0.15) is 0 Å². The molecule has 0 heterocycles. The number of carbonyl (C=O) groups is 1. The highest BCUT2D eigenvalue weighted by Crippen LogP contribution is 1.98. The lowest BCUT2D eigenvalue weighted by Gasteiger charge is -2.00. The lowest BCUT2D eigenvalue weighted by Crippen LogP contribution is -2.29. The molecule has 4 heteroatoms. The molecular weight excluding hydrogens is 160 g/mol. The van der Waals surface area contributed by atoms with Gasteiger partial charge in [0.25, 0.3) is 0 Å². The maximum Gasteiger partial charge on any atom is 0.231 e. The molecule has 0 aliphatic heterocycles. The molecular formula is C7H16N2OS. The summed E-state index contributed by atoms with van der Waals surface area (Å²) in [6.45, 7) is 3.33. The Labute approximate surface area is 72.1 Å². The summed E-state index contributed by atoms with van der Waals surface area (Å²) < 4.78 is 0. The van der Waals surface area contributed by atoms with E-state index >= 15 is 0 Å². The molecule has 3 N–H and O–H groups in total. The van der Waals surface area contributed by atoms with Crippen LogP contribution in [0.5, 0.6) is 0 Å². The van der Waals surface area contributed by atoms with Gasteiger partial charge in [-0.2, -0.15) is 11.8 Å². The Morgan fingerprint density at radius 1 is 1.64 bits per heavy atom. The van der Waals surface area contributed by atoms with Gasteiger partial charge in [0.05, 0.1) is 6.54 Å². The SMILES string of the molecule is CCSCCCNCC(N)=O. The molecule has 0 rings (SSSR count). The predicted molar refractivity (Wildman–Crippen MR) is 49.7 cm³/mol. The summed E-state index contributed by atoms with van der Waals surface area (Å²) in [5.41, 5.74) is 4.93. The highest BCUT2D eigenvalue weighted by Gasteiger charge is 1.91. The van der Waals surface area contributed by atoms with E-state index < -0.39 is 0 Å². The van der Waals surface area contributed by atoms with E-state index in [1.165, 1.54) is 0 Å². The largest absolute Gasteiger partial charge is 0.369 e. The first kappa shape index (κ1) is 10.8. The minimum atomic E-state index is -0.284. The lowest BCUT2D eigenvalue weighted by atomic mass is 10.4. The van der Waals surface area contributed by atoms with Crippen molar-refractivity contribution in [2.24, 2.45) is 5.73 Å². The Balaban J connectivity index is 2.85. The van der Waals surface area contributed by atoms with Crippen molar-refractivity contribution in [1.29, 1.82) is 0 Å². The topological polar surface area (TPSA) is 55.1 Å². The van der Waals surface area contributed by atoms with Crippen LogP contribution in [0.15, 0.2) is 0 Å². The molecule has 0 aliphatic rings. The number of thioether (sulfide) groups is 1. The molecule has 0 aliphatic carbocycles. The van der Waals surface area contributed by atoms with E-state index in [1.54, 1.807) is 0 Å². The maximum atomic E-state index is 10.2. The van der Waals surface area contributed by atoms with Gasteiger partial charge in [-0.25, -0.2) is 0 Å². The number of nitrogens with one attached hydrogen (secondary N) is 1. The van der Waals surface area contributed by atoms with Gasteiger partial charge in [-0.3, -0.25) is 4.79 Å². The highest BCUT2D eigenvalue weighted by atomic mass is 32.2. The van der Waals surface area contributed by atoms with Gasteiger partial charge in [-0.1, -0.05) is 6.92 Å². The molecule has 0 aromatic carbocycles. The molecule has 0 saturated heterocycles. The fraction of sp³-hybridized carbons (Fsp3) is 0.857. The number of hydrogen-bond donors (Lipinski definition) is 2. The zero-order valence-electron chi connectivity index (χ0n) is 6.93. The molecule has 0 aromatic heterocycles. The minimum Gasteiger partial charge on any atom is -0.369 e. The Morgan fingerprint density at radius 2 is 2.36 bits per heavy atom. The van der Waals surface area contributed by atoms with E-state index in [9.17, 15) is 4.79 Å². The van der Waals surface area contributed by atoms with Crippen LogP contribution in [0.25, 0.3) is 0 Å². The average molecular weight is 176 g/mol. The summed E-state index contributed by atoms with van der Waals surface area (Å²) in [7, 11) is 0. The third-order valence-corrected chi connectivity index (χ3v) is 2.13. The predicted octanol–water partition coefficient (Wildman–Crippen LogP) is 0.204. The average Bonchev–Trinajstić information content (AvgIpc) is 1.96. The van der Waals surface area contributed by atoms with Gasteiger partial charge in [0, 0.05) is 0 Å². The Bertz CT molecular complexity index is 109. The highest BCUT2D eigenvalue weighted by molar-refractivity contribution is 7.99. The van der Waals surface area contributed by atoms with Gasteiger partial charge in [-0.05, 0) is 24.5 Å². The molecule has 11 heavy (non-hydrogen) atoms. The van der Waals surface area contributed by atoms with Crippen LogP contribution in [0.2, 0.25) is 0 Å². The summed E-state index contributed by atoms with van der Waals surface area (Å²) in [5, 5.41) is 2.96. The second-order valence-corrected chi connectivity index (χ2v) is 3.59. The van der Waals surface area contributed by atoms with E-state index in [-0.39, 0.29) is 5.91 Å². The number of rotatable bonds is 7. The van der Waals surface area contributed by atoms with Crippen molar-refractivity contribution in [3.8, 4) is 0 Å². The van der Waals surface area contributed by atoms with E-state index in [2.05, 4.69) is 12.2 Å². The fourth-order valence-corrected chi connectivity index (χ4v) is 1.29. The van der Waals surface area contributed by atoms with Crippen LogP contribution in [0, 0.1) is 0 Å². The fourth-order valence-electron chi connectivity index (χ4n) is 0.655. The monoisotopic (exact) mass is 176 g/mol. The third-order valence-electron chi connectivity index (χ3n) is 1.15. The molecule has 0 unspecified atom stereocenters. The van der Waals surface area contributed by atoms with Crippen molar-refractivity contribution >= 4 is 17.7 Å². The summed E-state index contributed by atoms with van der Waals surface area (Å²) in [6, 6.07) is 0. The molecule has 1 amide bonds. The number of amides is 1. The Hall–Kier alpha value is -0.220. The van der Waals surface area contributed by atoms with Crippen molar-refractivity contribution < 1.29 is 4.79 Å². The molecule has 0 bridgehead atoms. The summed E-state index contributed by atoms with van der Waals surface area (Å²) in [4.78, 5) is 10.2. The van der Waals surface area contributed by atoms with Crippen LogP contribution in [0.4, 0.5) is 0 Å². The normalized spacial score (nSPS) is 9.91. The Kier molecular flexibility index (Phi) is 7.72. The molecule has 0 saturated carbocycles. The Morgan fingerprint density at radius 3 is 2.91 bits per heavy atom. The van der Waals surface area contributed by atoms with Crippen LogP contribution in [0.1, 0.15) is 13.3 Å². The van der Waals surface area contributed by atoms with E-state index in [4.69, 9.17) is 5.73 Å². The van der Waals surface area contributed by atoms with Gasteiger partial charge in [-0.15, -0.1) is 0 Å². The van der Waals surface area contributed by atoms with Crippen molar-refractivity contribution in [1.82, 2.24) is 5.32 Å². The van der Waals surface area contributed by atoms with Crippen molar-refractivity contribution in [2.45, 2.75) is 13.3 Å². The van der Waals surface area contributed by atoms with Gasteiger partial charge in [0.15, 0.2) is 0 Å². The number of hydrogen-bond acceptors (Lipinski definition) is 3. The summed E-state index contributed by atoms with van der Waals surface area (Å²) >= 11 is 1.91. The second kappa shape index (κ2) is 7.88. The van der Waals surface area contributed by atoms with E-state index in [0.29, 0.717) is 6.54 Å². The standard InChI is InChI=1S/C7H16N2OS/c1-2-11-5-3-4-9-6-7(8)10/h9H,2-6H2,1H3,(H2,8,10). The minimum absolute atomic E-state index is 0.284. The molecule has 0 aromatic rings. The molecule has 66 valence electrons. The first-order chi connectivity index (χ1) is 5.27. The molecule has 0 radical (unpaired) electrons. The van der Waals surface area contributed by atoms with Crippen LogP contribution in [-0.4, -0.2) is 30.5 Å². The number of carbonyl (C=O) groups excluding carboxylic acids is 1. The van der Waals surface area contributed by atoms with Crippen LogP contribution < -0.4 is 11.1 Å². The van der Waals surface area contributed by atoms with E-state index in [1.807, 2.05) is 11.8 Å². The molecule has 0 spiro atoms. The zero-order valence-corrected chi connectivity index (χ0v) is 7.75. The van der Waals surface area contributed by atoms with Crippen molar-refractivity contribution in [2.75, 3.05) is 24.6 Å². The van der Waals surface area contributed by atoms with Crippen LogP contribution >= 0.6 is 11.8 Å². The lowest BCUT2D eigenvalue weighted by molar-refractivity contribution is -0.117. The van der Waals surface area contributed by atoms with Crippen molar-refractivity contribution in [3.05, 3.63) is 0 Å². The van der Waals surface area contributed by atoms with E-state index in [0.717, 1.165) is 24.5 Å². The molecule has 3 nitrogen and oxygen atoms in total. The van der Waals surface area contributed by atoms with Crippen LogP contribution in [0.3, 0.4) is 0 Å². The molecule has 0 fully saturated rings. The van der Waals surface area contributed by atoms with Gasteiger partial charge < -0.3 is 11.1 Å². The summed E-state index contributed by atoms with van der Waals surface area (Å²) in [6.07, 6.45) is 1.10. The number of primary amides is 1. The first-order valence-electron chi connectivity index (χ1n) is 3.84. The van der Waals surface area contributed by atoms with Gasteiger partial charge in [0.2, 0.25) is 5.91 Å². The van der Waals surface area contributed by atoms with Crippen LogP contribution in [-0.2, 0) is 4.79 Å². The van der Waals surface area contributed by atoms with Gasteiger partial charge >= 0.3 is 0 Å². The smallest absolute Gasteiger partial charge is 0.231 e. The molecule has 0 atom stereocenters. The zero-order chi connectivity index (χ0) is 8.53. The maximum absolute atomic E-state index is 10.2.